The molecular weight excluding hydrogens is 494 g/mol. The van der Waals surface area contributed by atoms with E-state index in [1.54, 1.807) is 11.3 Å². The van der Waals surface area contributed by atoms with E-state index in [1.807, 2.05) is 24.5 Å². The largest absolute Gasteiger partial charge is 0.481 e. The molecule has 2 aromatic heterocycles. The summed E-state index contributed by atoms with van der Waals surface area (Å²) in [6.45, 7) is 11.9. The number of aryl methyl sites for hydroxylation is 2. The maximum Gasteiger partial charge on any atom is 0.309 e. The number of nitrogens with zero attached hydrogens (tertiary/aromatic N) is 5. The molecule has 4 aromatic rings. The second kappa shape index (κ2) is 10.5. The van der Waals surface area contributed by atoms with Crippen LogP contribution in [-0.2, 0) is 11.3 Å². The highest BCUT2D eigenvalue weighted by Crippen LogP contribution is 2.41. The zero-order valence-corrected chi connectivity index (χ0v) is 23.3. The molecule has 8 heteroatoms. The first kappa shape index (κ1) is 25.9. The molecule has 1 N–H and O–H groups in total. The highest BCUT2D eigenvalue weighted by Gasteiger charge is 2.37. The average molecular weight is 528 g/mol. The van der Waals surface area contributed by atoms with Gasteiger partial charge < -0.3 is 10.0 Å². The van der Waals surface area contributed by atoms with Crippen LogP contribution in [0.15, 0.2) is 59.6 Å². The number of anilines is 1. The van der Waals surface area contributed by atoms with Crippen LogP contribution in [-0.4, -0.2) is 38.1 Å². The fourth-order valence-electron chi connectivity index (χ4n) is 5.17. The Kier molecular flexibility index (Phi) is 7.17. The number of benzene rings is 2. The van der Waals surface area contributed by atoms with E-state index in [1.165, 1.54) is 10.4 Å². The van der Waals surface area contributed by atoms with Crippen molar-refractivity contribution in [1.29, 1.82) is 0 Å². The maximum atomic E-state index is 12.3. The normalized spacial score (nSPS) is 15.3. The van der Waals surface area contributed by atoms with E-state index in [4.69, 9.17) is 4.99 Å². The molecule has 0 spiro atoms. The van der Waals surface area contributed by atoms with Crippen molar-refractivity contribution in [2.75, 3.05) is 11.4 Å². The van der Waals surface area contributed by atoms with Gasteiger partial charge in [0.15, 0.2) is 5.82 Å². The Morgan fingerprint density at radius 1 is 1.05 bits per heavy atom. The predicted octanol–water partition coefficient (Wildman–Crippen LogP) is 6.28. The van der Waals surface area contributed by atoms with Gasteiger partial charge in [0.05, 0.1) is 11.6 Å². The molecule has 2 atom stereocenters. The number of carboxylic acids is 1. The molecular formula is C30H33N5O2S. The van der Waals surface area contributed by atoms with Gasteiger partial charge in [0.25, 0.3) is 0 Å². The zero-order chi connectivity index (χ0) is 27.0. The Hall–Kier alpha value is -3.78. The second-order valence-electron chi connectivity index (χ2n) is 9.73. The number of carboxylic acid groups (broad SMARTS) is 1. The van der Waals surface area contributed by atoms with Gasteiger partial charge in [-0.25, -0.2) is 0 Å². The standard InChI is InChI=1S/C30H33N5O2S/c1-6-24(30(36)37)27-28-33-32-20(5)35(28)29-25(18(3)19(4)38-29)26(31-27)22-13-15-23(16-14-22)34(7-2)17-21-11-9-8-10-12-21/h8-16,24,27H,6-7,17H2,1-5H3,(H,36,37)/t24?,27-/m0/s1. The summed E-state index contributed by atoms with van der Waals surface area (Å²) in [6.07, 6.45) is 0.443. The number of rotatable bonds is 8. The minimum Gasteiger partial charge on any atom is -0.481 e. The highest BCUT2D eigenvalue weighted by atomic mass is 32.1. The maximum absolute atomic E-state index is 12.3. The number of fused-ring (bicyclic) bond motifs is 3. The molecule has 7 nitrogen and oxygen atoms in total. The summed E-state index contributed by atoms with van der Waals surface area (Å²) in [7, 11) is 0. The molecule has 0 bridgehead atoms. The van der Waals surface area contributed by atoms with Crippen LogP contribution in [0.2, 0.25) is 0 Å². The third kappa shape index (κ3) is 4.53. The van der Waals surface area contributed by atoms with Gasteiger partial charge in [-0.2, -0.15) is 0 Å². The van der Waals surface area contributed by atoms with Gasteiger partial charge in [-0.3, -0.25) is 14.4 Å². The monoisotopic (exact) mass is 527 g/mol. The first-order valence-electron chi connectivity index (χ1n) is 13.1. The molecule has 2 aromatic carbocycles. The summed E-state index contributed by atoms with van der Waals surface area (Å²) in [4.78, 5) is 21.0. The van der Waals surface area contributed by atoms with E-state index in [9.17, 15) is 9.90 Å². The summed E-state index contributed by atoms with van der Waals surface area (Å²) in [5.41, 5.74) is 6.36. The predicted molar refractivity (Wildman–Crippen MR) is 153 cm³/mol. The van der Waals surface area contributed by atoms with E-state index < -0.39 is 17.9 Å². The summed E-state index contributed by atoms with van der Waals surface area (Å²) >= 11 is 1.68. The minimum absolute atomic E-state index is 0.443. The first-order chi connectivity index (χ1) is 18.3. The molecule has 1 unspecified atom stereocenters. The van der Waals surface area contributed by atoms with E-state index in [0.717, 1.165) is 52.0 Å². The fourth-order valence-corrected chi connectivity index (χ4v) is 6.38. The van der Waals surface area contributed by atoms with Crippen molar-refractivity contribution in [2.24, 2.45) is 10.9 Å². The molecule has 0 saturated heterocycles. The molecule has 0 aliphatic carbocycles. The van der Waals surface area contributed by atoms with Crippen molar-refractivity contribution < 1.29 is 9.90 Å². The number of thiophene rings is 1. The van der Waals surface area contributed by atoms with Gasteiger partial charge in [0.2, 0.25) is 0 Å². The van der Waals surface area contributed by atoms with Gasteiger partial charge in [-0.05, 0) is 57.4 Å². The van der Waals surface area contributed by atoms with Crippen LogP contribution in [0.3, 0.4) is 0 Å². The van der Waals surface area contributed by atoms with Crippen LogP contribution < -0.4 is 4.90 Å². The lowest BCUT2D eigenvalue weighted by molar-refractivity contribution is -0.142. The second-order valence-corrected chi connectivity index (χ2v) is 10.9. The van der Waals surface area contributed by atoms with Gasteiger partial charge in [-0.1, -0.05) is 49.4 Å². The smallest absolute Gasteiger partial charge is 0.309 e. The van der Waals surface area contributed by atoms with Crippen LogP contribution in [0, 0.1) is 26.7 Å². The number of aliphatic carboxylic acids is 1. The van der Waals surface area contributed by atoms with Crippen molar-refractivity contribution >= 4 is 28.7 Å². The lowest BCUT2D eigenvalue weighted by Gasteiger charge is -2.24. The quantitative estimate of drug-likeness (QED) is 0.291. The Morgan fingerprint density at radius 2 is 1.76 bits per heavy atom. The molecule has 1 aliphatic heterocycles. The summed E-state index contributed by atoms with van der Waals surface area (Å²) in [5.74, 6) is -0.255. The number of aliphatic imine (C=N–C) groups is 1. The molecule has 196 valence electrons. The number of hydrogen-bond donors (Lipinski definition) is 1. The minimum atomic E-state index is -0.874. The SMILES string of the molecule is CCC(C(=O)O)[C@@H]1N=C(c2ccc(N(CC)Cc3ccccc3)cc2)c2c(sc(C)c2C)-n2c(C)nnc21. The van der Waals surface area contributed by atoms with Crippen LogP contribution in [0.25, 0.3) is 5.00 Å². The van der Waals surface area contributed by atoms with Crippen LogP contribution >= 0.6 is 11.3 Å². The lowest BCUT2D eigenvalue weighted by atomic mass is 9.95. The third-order valence-electron chi connectivity index (χ3n) is 7.43. The summed E-state index contributed by atoms with van der Waals surface area (Å²) < 4.78 is 2.01. The Balaban J connectivity index is 1.62. The van der Waals surface area contributed by atoms with Crippen molar-refractivity contribution in [2.45, 2.75) is 53.6 Å². The van der Waals surface area contributed by atoms with E-state index in [-0.39, 0.29) is 0 Å². The average Bonchev–Trinajstić information content (AvgIpc) is 3.39. The van der Waals surface area contributed by atoms with Crippen molar-refractivity contribution in [3.05, 3.63) is 93.4 Å². The van der Waals surface area contributed by atoms with Crippen molar-refractivity contribution in [3.63, 3.8) is 0 Å². The first-order valence-corrected chi connectivity index (χ1v) is 13.9. The molecule has 1 aliphatic rings. The zero-order valence-electron chi connectivity index (χ0n) is 22.5. The van der Waals surface area contributed by atoms with Crippen molar-refractivity contribution in [1.82, 2.24) is 14.8 Å². The van der Waals surface area contributed by atoms with E-state index >= 15 is 0 Å². The molecule has 0 fully saturated rings. The molecule has 38 heavy (non-hydrogen) atoms. The van der Waals surface area contributed by atoms with Gasteiger partial charge in [0.1, 0.15) is 16.9 Å². The Labute approximate surface area is 227 Å². The molecule has 0 amide bonds. The van der Waals surface area contributed by atoms with Crippen LogP contribution in [0.1, 0.15) is 65.1 Å². The molecule has 3 heterocycles. The number of carbonyl (C=O) groups is 1. The van der Waals surface area contributed by atoms with E-state index in [2.05, 4.69) is 84.4 Å². The number of hydrogen-bond acceptors (Lipinski definition) is 6. The van der Waals surface area contributed by atoms with Gasteiger partial charge >= 0.3 is 5.97 Å². The van der Waals surface area contributed by atoms with Crippen LogP contribution in [0.5, 0.6) is 0 Å². The van der Waals surface area contributed by atoms with Crippen LogP contribution in [0.4, 0.5) is 5.69 Å². The summed E-state index contributed by atoms with van der Waals surface area (Å²) in [6, 6.07) is 18.3. The fraction of sp³-hybridized carbons (Fsp3) is 0.333. The Morgan fingerprint density at radius 3 is 2.39 bits per heavy atom. The van der Waals surface area contributed by atoms with Gasteiger partial charge in [-0.15, -0.1) is 21.5 Å². The Bertz CT molecular complexity index is 1490. The summed E-state index contributed by atoms with van der Waals surface area (Å²) in [5, 5.41) is 19.9. The molecule has 0 saturated carbocycles. The number of aromatic nitrogens is 3. The lowest BCUT2D eigenvalue weighted by Crippen LogP contribution is -2.23. The topological polar surface area (TPSA) is 83.6 Å². The van der Waals surface area contributed by atoms with E-state index in [0.29, 0.717) is 12.2 Å². The van der Waals surface area contributed by atoms with Crippen molar-refractivity contribution in [3.8, 4) is 5.00 Å². The van der Waals surface area contributed by atoms with Gasteiger partial charge in [0, 0.05) is 34.8 Å². The third-order valence-corrected chi connectivity index (χ3v) is 8.62. The highest BCUT2D eigenvalue weighted by molar-refractivity contribution is 7.15. The molecule has 0 radical (unpaired) electrons. The molecule has 5 rings (SSSR count).